The van der Waals surface area contributed by atoms with Crippen LogP contribution in [0.3, 0.4) is 0 Å². The number of nitrogens with zero attached hydrogens (tertiary/aromatic N) is 2. The maximum absolute atomic E-state index is 15.4. The summed E-state index contributed by atoms with van der Waals surface area (Å²) >= 11 is 0. The molecule has 2 aliphatic heterocycles. The van der Waals surface area contributed by atoms with Gasteiger partial charge in [-0.05, 0) is 96.3 Å². The van der Waals surface area contributed by atoms with Gasteiger partial charge in [0.05, 0.1) is 24.6 Å². The van der Waals surface area contributed by atoms with E-state index < -0.39 is 26.3 Å². The minimum absolute atomic E-state index is 0.0361. The van der Waals surface area contributed by atoms with Crippen LogP contribution in [-0.4, -0.2) is 98.2 Å². The van der Waals surface area contributed by atoms with Crippen LogP contribution in [0.1, 0.15) is 75.7 Å². The molecule has 4 N–H and O–H groups in total. The molecule has 2 fully saturated rings. The average Bonchev–Trinajstić information content (AvgIpc) is 3.31. The van der Waals surface area contributed by atoms with E-state index in [1.807, 2.05) is 59.5 Å². The molecule has 3 heterocycles. The minimum Gasteiger partial charge on any atom is -0.506 e. The Hall–Kier alpha value is -5.87. The number of H-pyrrole nitrogens is 1. The highest BCUT2D eigenvalue weighted by Crippen LogP contribution is 2.41. The highest BCUT2D eigenvalue weighted by molar-refractivity contribution is 6.74. The summed E-state index contributed by atoms with van der Waals surface area (Å²) in [6.07, 6.45) is 2.28. The molecule has 5 aromatic rings. The van der Waals surface area contributed by atoms with Crippen LogP contribution in [0.4, 0.5) is 14.9 Å². The number of nitrogens with one attached hydrogen (secondary N) is 3. The molecule has 1 atom stereocenters. The molecule has 68 heavy (non-hydrogen) atoms. The van der Waals surface area contributed by atoms with Crippen LogP contribution in [-0.2, 0) is 36.5 Å². The van der Waals surface area contributed by atoms with Gasteiger partial charge in [0.1, 0.15) is 17.7 Å². The van der Waals surface area contributed by atoms with E-state index in [1.54, 1.807) is 30.3 Å². The first-order valence-corrected chi connectivity index (χ1v) is 26.7. The predicted molar refractivity (Wildman–Crippen MR) is 265 cm³/mol. The predicted octanol–water partition coefficient (Wildman–Crippen LogP) is 9.32. The second kappa shape index (κ2) is 22.5. The SMILES string of the molecule is CC(C)(C)[Si](C)(C)O[C@@H](CNCc1ccc(NC(=O)OCC2CCN(C(=O)CCN3CCC(OC(=O)Cc4ccccc4-c4ccccc4)CC3)CC2)cc1F)c1ccc(O)c2[nH]c(=O)ccc12. The van der Waals surface area contributed by atoms with Crippen molar-refractivity contribution in [1.29, 1.82) is 0 Å². The number of likely N-dealkylation sites (tertiary alicyclic amines) is 2. The average molecular weight is 948 g/mol. The Morgan fingerprint density at radius 3 is 2.32 bits per heavy atom. The molecule has 0 spiro atoms. The maximum atomic E-state index is 15.4. The van der Waals surface area contributed by atoms with E-state index in [4.69, 9.17) is 13.9 Å². The van der Waals surface area contributed by atoms with Crippen molar-refractivity contribution >= 4 is 42.9 Å². The normalized spacial score (nSPS) is 15.8. The van der Waals surface area contributed by atoms with Crippen molar-refractivity contribution in [3.63, 3.8) is 0 Å². The Labute approximate surface area is 399 Å². The molecule has 1 aromatic heterocycles. The lowest BCUT2D eigenvalue weighted by Gasteiger charge is -2.39. The smallest absolute Gasteiger partial charge is 0.411 e. The Kier molecular flexibility index (Phi) is 16.5. The molecule has 0 bridgehead atoms. The molecule has 0 unspecified atom stereocenters. The van der Waals surface area contributed by atoms with Crippen LogP contribution in [0.15, 0.2) is 102 Å². The number of phenols is 1. The molecule has 7 rings (SSSR count). The minimum atomic E-state index is -2.31. The molecule has 0 aliphatic carbocycles. The van der Waals surface area contributed by atoms with Crippen LogP contribution >= 0.6 is 0 Å². The number of fused-ring (bicyclic) bond motifs is 1. The number of benzene rings is 4. The molecule has 2 aliphatic rings. The zero-order valence-electron chi connectivity index (χ0n) is 39.9. The van der Waals surface area contributed by atoms with E-state index in [2.05, 4.69) is 54.4 Å². The lowest BCUT2D eigenvalue weighted by Crippen LogP contribution is -2.43. The second-order valence-electron chi connectivity index (χ2n) is 19.6. The van der Waals surface area contributed by atoms with Crippen molar-refractivity contribution in [1.82, 2.24) is 20.1 Å². The number of phenolic OH excluding ortho intramolecular Hbond substituents is 1. The van der Waals surface area contributed by atoms with Gasteiger partial charge in [-0.2, -0.15) is 0 Å². The lowest BCUT2D eigenvalue weighted by atomic mass is 9.97. The fraction of sp³-hybridized carbons (Fsp3) is 0.434. The van der Waals surface area contributed by atoms with Gasteiger partial charge in [0.15, 0.2) is 8.32 Å². The summed E-state index contributed by atoms with van der Waals surface area (Å²) in [6.45, 7) is 14.8. The van der Waals surface area contributed by atoms with Crippen molar-refractivity contribution < 1.29 is 37.8 Å². The molecule has 2 amide bonds. The molecule has 2 saturated heterocycles. The third kappa shape index (κ3) is 13.2. The van der Waals surface area contributed by atoms with E-state index in [0.29, 0.717) is 61.9 Å². The molecule has 15 heteroatoms. The number of aromatic amines is 1. The number of anilines is 1. The first kappa shape index (κ1) is 50.0. The van der Waals surface area contributed by atoms with E-state index in [1.165, 1.54) is 12.1 Å². The Balaban J connectivity index is 0.796. The molecule has 4 aromatic carbocycles. The number of hydrogen-bond acceptors (Lipinski definition) is 10. The van der Waals surface area contributed by atoms with Crippen LogP contribution in [0.5, 0.6) is 5.75 Å². The number of esters is 1. The lowest BCUT2D eigenvalue weighted by molar-refractivity contribution is -0.150. The van der Waals surface area contributed by atoms with Gasteiger partial charge in [-0.25, -0.2) is 9.18 Å². The van der Waals surface area contributed by atoms with E-state index >= 15 is 4.39 Å². The van der Waals surface area contributed by atoms with Gasteiger partial charge in [0, 0.05) is 74.9 Å². The third-order valence-corrected chi connectivity index (χ3v) is 18.3. The molecule has 0 radical (unpaired) electrons. The maximum Gasteiger partial charge on any atom is 0.411 e. The molecular formula is C53H66FN5O8Si. The Morgan fingerprint density at radius 2 is 1.60 bits per heavy atom. The van der Waals surface area contributed by atoms with Crippen LogP contribution < -0.4 is 16.2 Å². The van der Waals surface area contributed by atoms with Gasteiger partial charge >= 0.3 is 12.1 Å². The van der Waals surface area contributed by atoms with Crippen LogP contribution in [0, 0.1) is 11.7 Å². The van der Waals surface area contributed by atoms with Gasteiger partial charge < -0.3 is 39.1 Å². The van der Waals surface area contributed by atoms with Gasteiger partial charge in [0.25, 0.3) is 0 Å². The molecule has 0 saturated carbocycles. The summed E-state index contributed by atoms with van der Waals surface area (Å²) in [5.74, 6) is -0.538. The summed E-state index contributed by atoms with van der Waals surface area (Å²) in [5.41, 5.74) is 4.53. The second-order valence-corrected chi connectivity index (χ2v) is 24.4. The first-order valence-electron chi connectivity index (χ1n) is 23.8. The number of hydrogen-bond donors (Lipinski definition) is 4. The highest BCUT2D eigenvalue weighted by atomic mass is 28.4. The van der Waals surface area contributed by atoms with Crippen LogP contribution in [0.25, 0.3) is 22.0 Å². The number of aromatic hydroxyl groups is 1. The van der Waals surface area contributed by atoms with E-state index in [0.717, 1.165) is 48.2 Å². The molecular weight excluding hydrogens is 882 g/mol. The number of carbonyl (C=O) groups excluding carboxylic acids is 3. The number of pyridine rings is 1. The summed E-state index contributed by atoms with van der Waals surface area (Å²) in [6, 6.07) is 28.9. The summed E-state index contributed by atoms with van der Waals surface area (Å²) < 4.78 is 33.7. The van der Waals surface area contributed by atoms with Crippen molar-refractivity contribution in [2.75, 3.05) is 51.2 Å². The van der Waals surface area contributed by atoms with Crippen molar-refractivity contribution in [2.45, 2.75) is 96.2 Å². The zero-order valence-corrected chi connectivity index (χ0v) is 40.9. The standard InChI is InChI=1S/C53H66FN5O8Si/c1-53(2,3)68(4,5)67-47(43-17-19-46(60)51-44(43)18-20-48(61)57-51)34-55-33-39-15-16-40(32-45(39)54)56-52(64)65-35-36-21-29-59(30-22-36)49(62)25-28-58-26-23-41(24-27-58)66-50(63)31-38-13-9-10-14-42(38)37-11-7-6-8-12-37/h6-20,32,36,41,47,55,60H,21-31,33-35H2,1-5H3,(H,56,64)(H,57,61)/t47-/m0/s1. The van der Waals surface area contributed by atoms with Crippen LogP contribution in [0.2, 0.25) is 18.1 Å². The van der Waals surface area contributed by atoms with Gasteiger partial charge in [0.2, 0.25) is 11.5 Å². The first-order chi connectivity index (χ1) is 32.5. The monoisotopic (exact) mass is 947 g/mol. The fourth-order valence-electron chi connectivity index (χ4n) is 8.71. The van der Waals surface area contributed by atoms with Crippen molar-refractivity contribution in [2.24, 2.45) is 5.92 Å². The van der Waals surface area contributed by atoms with Gasteiger partial charge in [-0.1, -0.05) is 87.5 Å². The number of halogens is 1. The number of aromatic nitrogens is 1. The summed E-state index contributed by atoms with van der Waals surface area (Å²) in [7, 11) is -2.31. The molecule has 13 nitrogen and oxygen atoms in total. The number of piperidine rings is 2. The third-order valence-electron chi connectivity index (χ3n) is 13.8. The zero-order chi connectivity index (χ0) is 48.4. The van der Waals surface area contributed by atoms with Crippen molar-refractivity contribution in [3.8, 4) is 16.9 Å². The Morgan fingerprint density at radius 1 is 0.882 bits per heavy atom. The largest absolute Gasteiger partial charge is 0.506 e. The summed E-state index contributed by atoms with van der Waals surface area (Å²) in [4.78, 5) is 57.8. The fourth-order valence-corrected chi connectivity index (χ4v) is 9.98. The number of carbonyl (C=O) groups is 3. The topological polar surface area (TPSA) is 163 Å². The van der Waals surface area contributed by atoms with Gasteiger partial charge in [-0.15, -0.1) is 0 Å². The quantitative estimate of drug-likeness (QED) is 0.0522. The summed E-state index contributed by atoms with van der Waals surface area (Å²) in [5, 5.41) is 17.1. The van der Waals surface area contributed by atoms with E-state index in [9.17, 15) is 24.3 Å². The van der Waals surface area contributed by atoms with Gasteiger partial charge in [-0.3, -0.25) is 19.7 Å². The Bertz CT molecular complexity index is 2590. The van der Waals surface area contributed by atoms with Crippen molar-refractivity contribution in [3.05, 3.63) is 130 Å². The van der Waals surface area contributed by atoms with E-state index in [-0.39, 0.29) is 65.5 Å². The highest BCUT2D eigenvalue weighted by Gasteiger charge is 2.40. The number of ether oxygens (including phenoxy) is 2. The molecule has 362 valence electrons. The number of amides is 2. The number of rotatable bonds is 17.